The van der Waals surface area contributed by atoms with Crippen LogP contribution in [0.1, 0.15) is 5.56 Å². The molecule has 80 valence electrons. The van der Waals surface area contributed by atoms with E-state index >= 15 is 0 Å². The highest BCUT2D eigenvalue weighted by molar-refractivity contribution is 5.83. The van der Waals surface area contributed by atoms with Crippen molar-refractivity contribution in [2.75, 3.05) is 20.6 Å². The predicted octanol–water partition coefficient (Wildman–Crippen LogP) is 0.994. The maximum absolute atomic E-state index is 13.4. The lowest BCUT2D eigenvalue weighted by molar-refractivity contribution is -0.858. The molecule has 15 heavy (non-hydrogen) atoms. The first-order valence-electron chi connectivity index (χ1n) is 5.22. The quantitative estimate of drug-likeness (QED) is 0.749. The number of para-hydroxylation sites is 1. The van der Waals surface area contributed by atoms with Gasteiger partial charge in [-0.15, -0.1) is 0 Å². The molecule has 0 radical (unpaired) electrons. The van der Waals surface area contributed by atoms with Crippen LogP contribution < -0.4 is 4.90 Å². The number of aromatic nitrogens is 1. The van der Waals surface area contributed by atoms with Crippen molar-refractivity contribution >= 4 is 10.9 Å². The second kappa shape index (κ2) is 4.03. The topological polar surface area (TPSA) is 20.2 Å². The minimum atomic E-state index is -0.170. The number of nitrogens with one attached hydrogen (secondary N) is 2. The summed E-state index contributed by atoms with van der Waals surface area (Å²) in [4.78, 5) is 4.40. The molecule has 0 aliphatic heterocycles. The van der Waals surface area contributed by atoms with E-state index in [1.807, 2.05) is 12.3 Å². The first-order chi connectivity index (χ1) is 7.18. The lowest BCUT2D eigenvalue weighted by Crippen LogP contribution is -3.05. The van der Waals surface area contributed by atoms with Crippen LogP contribution >= 0.6 is 0 Å². The molecular formula is C12H16FN2+. The lowest BCUT2D eigenvalue weighted by Gasteiger charge is -2.05. The van der Waals surface area contributed by atoms with Crippen molar-refractivity contribution in [3.05, 3.63) is 35.8 Å². The van der Waals surface area contributed by atoms with Gasteiger partial charge in [0, 0.05) is 18.0 Å². The Morgan fingerprint density at radius 3 is 2.87 bits per heavy atom. The zero-order valence-electron chi connectivity index (χ0n) is 9.10. The Hall–Kier alpha value is -1.35. The Bertz CT molecular complexity index is 460. The first kappa shape index (κ1) is 10.2. The van der Waals surface area contributed by atoms with Crippen molar-refractivity contribution in [1.29, 1.82) is 0 Å². The number of hydrogen-bond donors (Lipinski definition) is 2. The average molecular weight is 207 g/mol. The Kier molecular flexibility index (Phi) is 2.73. The third-order valence-corrected chi connectivity index (χ3v) is 2.64. The second-order valence-electron chi connectivity index (χ2n) is 4.18. The molecule has 1 aromatic carbocycles. The van der Waals surface area contributed by atoms with Crippen molar-refractivity contribution in [3.63, 3.8) is 0 Å². The molecule has 0 unspecified atom stereocenters. The largest absolute Gasteiger partial charge is 0.359 e. The van der Waals surface area contributed by atoms with Gasteiger partial charge in [0.05, 0.1) is 26.2 Å². The van der Waals surface area contributed by atoms with Gasteiger partial charge in [0.2, 0.25) is 0 Å². The molecule has 2 N–H and O–H groups in total. The number of hydrogen-bond acceptors (Lipinski definition) is 0. The van der Waals surface area contributed by atoms with Crippen LogP contribution in [0.3, 0.4) is 0 Å². The second-order valence-corrected chi connectivity index (χ2v) is 4.18. The molecule has 0 fully saturated rings. The number of likely N-dealkylation sites (N-methyl/N-ethyl adjacent to an activating group) is 1. The number of fused-ring (bicyclic) bond motifs is 1. The van der Waals surface area contributed by atoms with Crippen molar-refractivity contribution in [1.82, 2.24) is 4.98 Å². The summed E-state index contributed by atoms with van der Waals surface area (Å²) in [5, 5.41) is 1.01. The molecule has 3 heteroatoms. The molecule has 1 heterocycles. The van der Waals surface area contributed by atoms with Crippen LogP contribution in [-0.4, -0.2) is 25.6 Å². The highest BCUT2D eigenvalue weighted by Gasteiger charge is 2.07. The van der Waals surface area contributed by atoms with Gasteiger partial charge in [-0.1, -0.05) is 12.1 Å². The highest BCUT2D eigenvalue weighted by atomic mass is 19.1. The van der Waals surface area contributed by atoms with E-state index in [1.165, 1.54) is 16.5 Å². The summed E-state index contributed by atoms with van der Waals surface area (Å²) in [5.41, 5.74) is 1.83. The van der Waals surface area contributed by atoms with E-state index in [0.29, 0.717) is 5.52 Å². The molecule has 0 atom stereocenters. The highest BCUT2D eigenvalue weighted by Crippen LogP contribution is 2.20. The number of benzene rings is 1. The third kappa shape index (κ3) is 2.02. The summed E-state index contributed by atoms with van der Waals surface area (Å²) in [7, 11) is 4.24. The van der Waals surface area contributed by atoms with E-state index in [1.54, 1.807) is 6.07 Å². The third-order valence-electron chi connectivity index (χ3n) is 2.64. The zero-order chi connectivity index (χ0) is 10.8. The fraction of sp³-hybridized carbons (Fsp3) is 0.333. The van der Waals surface area contributed by atoms with Gasteiger partial charge in [-0.25, -0.2) is 4.39 Å². The molecule has 0 saturated carbocycles. The van der Waals surface area contributed by atoms with E-state index in [0.717, 1.165) is 18.4 Å². The smallest absolute Gasteiger partial charge is 0.147 e. The summed E-state index contributed by atoms with van der Waals surface area (Å²) in [6, 6.07) is 5.21. The van der Waals surface area contributed by atoms with Gasteiger partial charge < -0.3 is 9.88 Å². The summed E-state index contributed by atoms with van der Waals surface area (Å²) in [5.74, 6) is -0.170. The van der Waals surface area contributed by atoms with Crippen LogP contribution in [0.15, 0.2) is 24.4 Å². The van der Waals surface area contributed by atoms with Crippen LogP contribution in [-0.2, 0) is 6.42 Å². The van der Waals surface area contributed by atoms with E-state index in [4.69, 9.17) is 0 Å². The standard InChI is InChI=1S/C12H15FN2/c1-15(2)7-6-9-8-14-12-10(9)4-3-5-11(12)13/h3-5,8,14H,6-7H2,1-2H3/p+1. The van der Waals surface area contributed by atoms with Gasteiger partial charge in [-0.2, -0.15) is 0 Å². The Labute approximate surface area is 88.7 Å². The van der Waals surface area contributed by atoms with Crippen LogP contribution in [0, 0.1) is 5.82 Å². The molecule has 2 nitrogen and oxygen atoms in total. The summed E-state index contributed by atoms with van der Waals surface area (Å²) < 4.78 is 13.4. The molecule has 0 aliphatic carbocycles. The average Bonchev–Trinajstić information content (AvgIpc) is 2.59. The van der Waals surface area contributed by atoms with Gasteiger partial charge in [-0.05, 0) is 11.6 Å². The number of rotatable bonds is 3. The number of quaternary nitrogens is 1. The van der Waals surface area contributed by atoms with E-state index in [2.05, 4.69) is 19.1 Å². The van der Waals surface area contributed by atoms with Gasteiger partial charge >= 0.3 is 0 Å². The molecule has 0 bridgehead atoms. The first-order valence-corrected chi connectivity index (χ1v) is 5.22. The fourth-order valence-corrected chi connectivity index (χ4v) is 1.77. The van der Waals surface area contributed by atoms with Crippen molar-refractivity contribution < 1.29 is 9.29 Å². The van der Waals surface area contributed by atoms with Crippen LogP contribution in [0.2, 0.25) is 0 Å². The minimum Gasteiger partial charge on any atom is -0.359 e. The molecule has 2 aromatic rings. The molecule has 0 saturated heterocycles. The van der Waals surface area contributed by atoms with Gasteiger partial charge in [0.1, 0.15) is 5.82 Å². The number of halogens is 1. The molecular weight excluding hydrogens is 191 g/mol. The number of aromatic amines is 1. The van der Waals surface area contributed by atoms with Crippen LogP contribution in [0.4, 0.5) is 4.39 Å². The predicted molar refractivity (Wildman–Crippen MR) is 59.6 cm³/mol. The maximum Gasteiger partial charge on any atom is 0.147 e. The Balaban J connectivity index is 2.33. The van der Waals surface area contributed by atoms with E-state index in [9.17, 15) is 4.39 Å². The van der Waals surface area contributed by atoms with E-state index < -0.39 is 0 Å². The van der Waals surface area contributed by atoms with E-state index in [-0.39, 0.29) is 5.82 Å². The molecule has 0 aliphatic rings. The molecule has 0 amide bonds. The van der Waals surface area contributed by atoms with Crippen molar-refractivity contribution in [3.8, 4) is 0 Å². The molecule has 2 rings (SSSR count). The van der Waals surface area contributed by atoms with Gasteiger partial charge in [0.15, 0.2) is 0 Å². The fourth-order valence-electron chi connectivity index (χ4n) is 1.77. The SMILES string of the molecule is C[NH+](C)CCc1c[nH]c2c(F)cccc12. The van der Waals surface area contributed by atoms with Gasteiger partial charge in [0.25, 0.3) is 0 Å². The maximum atomic E-state index is 13.4. The molecule has 0 spiro atoms. The van der Waals surface area contributed by atoms with Crippen LogP contribution in [0.25, 0.3) is 10.9 Å². The normalized spacial score (nSPS) is 11.5. The van der Waals surface area contributed by atoms with Crippen LogP contribution in [0.5, 0.6) is 0 Å². The lowest BCUT2D eigenvalue weighted by atomic mass is 10.1. The monoisotopic (exact) mass is 207 g/mol. The Morgan fingerprint density at radius 2 is 2.13 bits per heavy atom. The van der Waals surface area contributed by atoms with Gasteiger partial charge in [-0.3, -0.25) is 0 Å². The van der Waals surface area contributed by atoms with Crippen molar-refractivity contribution in [2.45, 2.75) is 6.42 Å². The Morgan fingerprint density at radius 1 is 1.33 bits per heavy atom. The number of H-pyrrole nitrogens is 1. The summed E-state index contributed by atoms with van der Waals surface area (Å²) in [6.45, 7) is 1.06. The minimum absolute atomic E-state index is 0.170. The summed E-state index contributed by atoms with van der Waals surface area (Å²) in [6.07, 6.45) is 2.89. The zero-order valence-corrected chi connectivity index (χ0v) is 9.10. The summed E-state index contributed by atoms with van der Waals surface area (Å²) >= 11 is 0. The van der Waals surface area contributed by atoms with Crippen molar-refractivity contribution in [2.24, 2.45) is 0 Å². The molecule has 1 aromatic heterocycles.